The average molecular weight is 408 g/mol. The number of carbonyl (C=O) groups is 1. The van der Waals surface area contributed by atoms with Crippen LogP contribution in [0.1, 0.15) is 36.9 Å². The number of nitrogens with zero attached hydrogens (tertiary/aromatic N) is 5. The van der Waals surface area contributed by atoms with Crippen LogP contribution >= 0.6 is 0 Å². The molecule has 2 aromatic heterocycles. The molecule has 2 saturated heterocycles. The standard InChI is InChI=1S/C24H33N5O/c1-27(19-22-6-2-3-11-26-22)24(30)21-5-4-14-29(18-21)23-9-15-28(16-10-23)17-20-7-12-25-13-8-20/h2-3,6-8,11-13,21,23H,4-5,9-10,14-19H2,1H3/t21-/m0/s1. The van der Waals surface area contributed by atoms with Gasteiger partial charge in [-0.05, 0) is 75.1 Å². The van der Waals surface area contributed by atoms with Crippen molar-refractivity contribution in [3.05, 3.63) is 60.2 Å². The summed E-state index contributed by atoms with van der Waals surface area (Å²) in [5, 5.41) is 0. The first kappa shape index (κ1) is 20.9. The summed E-state index contributed by atoms with van der Waals surface area (Å²) in [5.41, 5.74) is 2.28. The van der Waals surface area contributed by atoms with Gasteiger partial charge in [-0.3, -0.25) is 24.6 Å². The largest absolute Gasteiger partial charge is 0.340 e. The van der Waals surface area contributed by atoms with Crippen LogP contribution in [0.25, 0.3) is 0 Å². The van der Waals surface area contributed by atoms with Gasteiger partial charge in [0.1, 0.15) is 0 Å². The van der Waals surface area contributed by atoms with Crippen LogP contribution in [0, 0.1) is 5.92 Å². The number of amides is 1. The van der Waals surface area contributed by atoms with Crippen LogP contribution in [0.5, 0.6) is 0 Å². The van der Waals surface area contributed by atoms with Crippen LogP contribution in [-0.2, 0) is 17.9 Å². The van der Waals surface area contributed by atoms with E-state index in [2.05, 4.69) is 31.9 Å². The van der Waals surface area contributed by atoms with Crippen LogP contribution in [0.15, 0.2) is 48.9 Å². The van der Waals surface area contributed by atoms with E-state index in [4.69, 9.17) is 0 Å². The Bertz CT molecular complexity index is 792. The Morgan fingerprint density at radius 2 is 1.87 bits per heavy atom. The molecule has 2 fully saturated rings. The van der Waals surface area contributed by atoms with Crippen LogP contribution in [0.2, 0.25) is 0 Å². The number of hydrogen-bond donors (Lipinski definition) is 0. The Morgan fingerprint density at radius 1 is 1.07 bits per heavy atom. The maximum absolute atomic E-state index is 13.0. The predicted octanol–water partition coefficient (Wildman–Crippen LogP) is 2.81. The number of pyridine rings is 2. The zero-order valence-electron chi connectivity index (χ0n) is 18.0. The minimum Gasteiger partial charge on any atom is -0.340 e. The summed E-state index contributed by atoms with van der Waals surface area (Å²) in [6.45, 7) is 5.88. The highest BCUT2D eigenvalue weighted by atomic mass is 16.2. The molecule has 1 amide bonds. The number of hydrogen-bond acceptors (Lipinski definition) is 5. The Morgan fingerprint density at radius 3 is 2.60 bits per heavy atom. The molecule has 6 heteroatoms. The Balaban J connectivity index is 1.26. The van der Waals surface area contributed by atoms with Crippen molar-refractivity contribution in [3.63, 3.8) is 0 Å². The third kappa shape index (κ3) is 5.43. The Hall–Kier alpha value is -2.31. The van der Waals surface area contributed by atoms with Crippen LogP contribution in [-0.4, -0.2) is 69.8 Å². The van der Waals surface area contributed by atoms with Gasteiger partial charge in [-0.1, -0.05) is 6.07 Å². The van der Waals surface area contributed by atoms with Crippen molar-refractivity contribution in [3.8, 4) is 0 Å². The molecule has 1 atom stereocenters. The number of aromatic nitrogens is 2. The van der Waals surface area contributed by atoms with Gasteiger partial charge in [0.05, 0.1) is 18.2 Å². The lowest BCUT2D eigenvalue weighted by molar-refractivity contribution is -0.137. The number of piperidine rings is 2. The summed E-state index contributed by atoms with van der Waals surface area (Å²) in [6, 6.07) is 10.7. The SMILES string of the molecule is CN(Cc1ccccn1)C(=O)[C@H]1CCCN(C2CCN(Cc3ccncc3)CC2)C1. The molecular formula is C24H33N5O. The predicted molar refractivity (Wildman–Crippen MR) is 118 cm³/mol. The first-order valence-electron chi connectivity index (χ1n) is 11.2. The van der Waals surface area contributed by atoms with Crippen molar-refractivity contribution < 1.29 is 4.79 Å². The second-order valence-corrected chi connectivity index (χ2v) is 8.71. The number of carbonyl (C=O) groups excluding carboxylic acids is 1. The molecule has 0 N–H and O–H groups in total. The molecule has 6 nitrogen and oxygen atoms in total. The van der Waals surface area contributed by atoms with Gasteiger partial charge < -0.3 is 4.90 Å². The quantitative estimate of drug-likeness (QED) is 0.737. The van der Waals surface area contributed by atoms with Gasteiger partial charge in [0.25, 0.3) is 0 Å². The molecule has 0 radical (unpaired) electrons. The molecule has 0 bridgehead atoms. The molecule has 0 unspecified atom stereocenters. The highest BCUT2D eigenvalue weighted by molar-refractivity contribution is 5.78. The molecule has 0 spiro atoms. The van der Waals surface area contributed by atoms with Gasteiger partial charge >= 0.3 is 0 Å². The Labute approximate surface area is 179 Å². The summed E-state index contributed by atoms with van der Waals surface area (Å²) in [4.78, 5) is 28.5. The normalized spacial score (nSPS) is 21.4. The van der Waals surface area contributed by atoms with Gasteiger partial charge in [-0.25, -0.2) is 0 Å². The zero-order chi connectivity index (χ0) is 20.8. The van der Waals surface area contributed by atoms with E-state index in [1.807, 2.05) is 42.5 Å². The van der Waals surface area contributed by atoms with E-state index in [-0.39, 0.29) is 11.8 Å². The summed E-state index contributed by atoms with van der Waals surface area (Å²) in [6.07, 6.45) is 10.0. The van der Waals surface area contributed by atoms with Gasteiger partial charge in [0, 0.05) is 44.8 Å². The molecular weight excluding hydrogens is 374 g/mol. The van der Waals surface area contributed by atoms with Crippen molar-refractivity contribution >= 4 is 5.91 Å². The second-order valence-electron chi connectivity index (χ2n) is 8.71. The van der Waals surface area contributed by atoms with E-state index >= 15 is 0 Å². The first-order chi connectivity index (χ1) is 14.7. The fraction of sp³-hybridized carbons (Fsp3) is 0.542. The maximum atomic E-state index is 13.0. The number of rotatable bonds is 6. The zero-order valence-corrected chi connectivity index (χ0v) is 18.0. The van der Waals surface area contributed by atoms with E-state index in [1.54, 1.807) is 6.20 Å². The van der Waals surface area contributed by atoms with E-state index in [0.717, 1.165) is 51.3 Å². The molecule has 160 valence electrons. The van der Waals surface area contributed by atoms with Gasteiger partial charge in [-0.2, -0.15) is 0 Å². The molecule has 0 saturated carbocycles. The smallest absolute Gasteiger partial charge is 0.227 e. The highest BCUT2D eigenvalue weighted by Crippen LogP contribution is 2.25. The average Bonchev–Trinajstić information content (AvgIpc) is 2.80. The van der Waals surface area contributed by atoms with Crippen molar-refractivity contribution in [2.75, 3.05) is 33.2 Å². The van der Waals surface area contributed by atoms with Gasteiger partial charge in [-0.15, -0.1) is 0 Å². The molecule has 4 heterocycles. The summed E-state index contributed by atoms with van der Waals surface area (Å²) in [7, 11) is 1.91. The molecule has 2 aromatic rings. The molecule has 2 aliphatic heterocycles. The van der Waals surface area contributed by atoms with Crippen LogP contribution < -0.4 is 0 Å². The molecule has 30 heavy (non-hydrogen) atoms. The van der Waals surface area contributed by atoms with E-state index in [1.165, 1.54) is 18.4 Å². The third-order valence-corrected chi connectivity index (χ3v) is 6.53. The fourth-order valence-corrected chi connectivity index (χ4v) is 4.85. The maximum Gasteiger partial charge on any atom is 0.227 e. The third-order valence-electron chi connectivity index (χ3n) is 6.53. The van der Waals surface area contributed by atoms with Crippen LogP contribution in [0.4, 0.5) is 0 Å². The lowest BCUT2D eigenvalue weighted by Gasteiger charge is -2.42. The summed E-state index contributed by atoms with van der Waals surface area (Å²) >= 11 is 0. The first-order valence-corrected chi connectivity index (χ1v) is 11.2. The molecule has 4 rings (SSSR count). The fourth-order valence-electron chi connectivity index (χ4n) is 4.85. The van der Waals surface area contributed by atoms with Gasteiger partial charge in [0.15, 0.2) is 0 Å². The minimum absolute atomic E-state index is 0.113. The van der Waals surface area contributed by atoms with E-state index in [9.17, 15) is 4.79 Å². The number of likely N-dealkylation sites (tertiary alicyclic amines) is 2. The summed E-state index contributed by atoms with van der Waals surface area (Å²) in [5.74, 6) is 0.378. The second kappa shape index (κ2) is 10.1. The lowest BCUT2D eigenvalue weighted by atomic mass is 9.92. The Kier molecular flexibility index (Phi) is 7.07. The van der Waals surface area contributed by atoms with Crippen molar-refractivity contribution in [1.29, 1.82) is 0 Å². The van der Waals surface area contributed by atoms with Crippen LogP contribution in [0.3, 0.4) is 0 Å². The topological polar surface area (TPSA) is 52.6 Å². The monoisotopic (exact) mass is 407 g/mol. The van der Waals surface area contributed by atoms with E-state index < -0.39 is 0 Å². The lowest BCUT2D eigenvalue weighted by Crippen LogP contribution is -2.50. The van der Waals surface area contributed by atoms with Crippen molar-refractivity contribution in [2.45, 2.75) is 44.8 Å². The molecule has 2 aliphatic rings. The van der Waals surface area contributed by atoms with Crippen molar-refractivity contribution in [2.24, 2.45) is 5.92 Å². The molecule has 0 aliphatic carbocycles. The highest BCUT2D eigenvalue weighted by Gasteiger charge is 2.32. The molecule has 0 aromatic carbocycles. The minimum atomic E-state index is 0.113. The van der Waals surface area contributed by atoms with E-state index in [0.29, 0.717) is 12.6 Å². The summed E-state index contributed by atoms with van der Waals surface area (Å²) < 4.78 is 0. The van der Waals surface area contributed by atoms with Gasteiger partial charge in [0.2, 0.25) is 5.91 Å². The van der Waals surface area contributed by atoms with Crippen molar-refractivity contribution in [1.82, 2.24) is 24.7 Å².